The molecule has 19 heavy (non-hydrogen) atoms. The van der Waals surface area contributed by atoms with Gasteiger partial charge in [-0.2, -0.15) is 0 Å². The molecule has 0 atom stereocenters. The van der Waals surface area contributed by atoms with Crippen molar-refractivity contribution in [2.75, 3.05) is 0 Å². The SMILES string of the molecule is CCCn1c(CBr)nnc1Cc1cc(C)ccc1C. The second-order valence-electron chi connectivity index (χ2n) is 4.92. The molecule has 2 rings (SSSR count). The Hall–Kier alpha value is -1.16. The van der Waals surface area contributed by atoms with Gasteiger partial charge in [0.15, 0.2) is 0 Å². The fourth-order valence-corrected chi connectivity index (χ4v) is 2.66. The summed E-state index contributed by atoms with van der Waals surface area (Å²) < 4.78 is 2.23. The number of rotatable bonds is 5. The number of aryl methyl sites for hydroxylation is 2. The summed E-state index contributed by atoms with van der Waals surface area (Å²) in [6.45, 7) is 7.44. The summed E-state index contributed by atoms with van der Waals surface area (Å²) in [5.41, 5.74) is 3.95. The third-order valence-corrected chi connectivity index (χ3v) is 3.83. The predicted molar refractivity (Wildman–Crippen MR) is 81.7 cm³/mol. The Balaban J connectivity index is 2.32. The molecule has 1 aromatic carbocycles. The first-order valence-electron chi connectivity index (χ1n) is 6.68. The van der Waals surface area contributed by atoms with Gasteiger partial charge in [-0.1, -0.05) is 46.6 Å². The van der Waals surface area contributed by atoms with Crippen LogP contribution in [0.2, 0.25) is 0 Å². The van der Waals surface area contributed by atoms with Crippen LogP contribution in [0.15, 0.2) is 18.2 Å². The first kappa shape index (κ1) is 14.3. The maximum atomic E-state index is 4.35. The second-order valence-corrected chi connectivity index (χ2v) is 5.49. The maximum Gasteiger partial charge on any atom is 0.143 e. The van der Waals surface area contributed by atoms with Crippen LogP contribution in [0, 0.1) is 13.8 Å². The molecule has 0 saturated carbocycles. The average Bonchev–Trinajstić information content (AvgIpc) is 2.77. The molecule has 0 fully saturated rings. The molecule has 102 valence electrons. The normalized spacial score (nSPS) is 10.9. The molecule has 0 aliphatic carbocycles. The van der Waals surface area contributed by atoms with Crippen molar-refractivity contribution in [3.05, 3.63) is 46.5 Å². The number of hydrogen-bond donors (Lipinski definition) is 0. The summed E-state index contributed by atoms with van der Waals surface area (Å²) in [6.07, 6.45) is 1.95. The van der Waals surface area contributed by atoms with Crippen molar-refractivity contribution in [3.8, 4) is 0 Å². The molecule has 1 aromatic heterocycles. The molecular weight excluding hydrogens is 302 g/mol. The van der Waals surface area contributed by atoms with Gasteiger partial charge in [0, 0.05) is 13.0 Å². The van der Waals surface area contributed by atoms with Gasteiger partial charge in [0.05, 0.1) is 5.33 Å². The summed E-state index contributed by atoms with van der Waals surface area (Å²) in [5, 5.41) is 9.38. The zero-order valence-corrected chi connectivity index (χ0v) is 13.4. The predicted octanol–water partition coefficient (Wildman–Crippen LogP) is 3.79. The summed E-state index contributed by atoms with van der Waals surface area (Å²) in [5.74, 6) is 2.08. The van der Waals surface area contributed by atoms with Crippen molar-refractivity contribution in [2.45, 2.75) is 45.5 Å². The quantitative estimate of drug-likeness (QED) is 0.784. The van der Waals surface area contributed by atoms with Crippen molar-refractivity contribution >= 4 is 15.9 Å². The van der Waals surface area contributed by atoms with E-state index in [1.807, 2.05) is 0 Å². The molecule has 0 saturated heterocycles. The zero-order chi connectivity index (χ0) is 13.8. The van der Waals surface area contributed by atoms with Gasteiger partial charge < -0.3 is 4.57 Å². The third kappa shape index (κ3) is 3.24. The Bertz CT molecular complexity index is 561. The third-order valence-electron chi connectivity index (χ3n) is 3.32. The lowest BCUT2D eigenvalue weighted by molar-refractivity contribution is 0.628. The van der Waals surface area contributed by atoms with Crippen LogP contribution >= 0.6 is 15.9 Å². The highest BCUT2D eigenvalue weighted by Gasteiger charge is 2.12. The van der Waals surface area contributed by atoms with Crippen molar-refractivity contribution in [1.29, 1.82) is 0 Å². The van der Waals surface area contributed by atoms with Gasteiger partial charge in [-0.15, -0.1) is 10.2 Å². The fraction of sp³-hybridized carbons (Fsp3) is 0.467. The summed E-state index contributed by atoms with van der Waals surface area (Å²) in [7, 11) is 0. The molecule has 2 aromatic rings. The Kier molecular flexibility index (Phi) is 4.75. The number of nitrogens with zero attached hydrogens (tertiary/aromatic N) is 3. The van der Waals surface area contributed by atoms with Crippen LogP contribution in [0.5, 0.6) is 0 Å². The molecule has 0 aliphatic rings. The summed E-state index contributed by atoms with van der Waals surface area (Å²) >= 11 is 3.48. The first-order valence-corrected chi connectivity index (χ1v) is 7.81. The molecule has 0 aliphatic heterocycles. The van der Waals surface area contributed by atoms with E-state index < -0.39 is 0 Å². The molecule has 0 radical (unpaired) electrons. The summed E-state index contributed by atoms with van der Waals surface area (Å²) in [4.78, 5) is 0. The monoisotopic (exact) mass is 321 g/mol. The fourth-order valence-electron chi connectivity index (χ4n) is 2.24. The topological polar surface area (TPSA) is 30.7 Å². The van der Waals surface area contributed by atoms with Gasteiger partial charge in [0.1, 0.15) is 11.6 Å². The molecule has 0 amide bonds. The molecule has 0 spiro atoms. The van der Waals surface area contributed by atoms with Crippen LogP contribution in [0.1, 0.15) is 41.7 Å². The highest BCUT2D eigenvalue weighted by Crippen LogP contribution is 2.16. The zero-order valence-electron chi connectivity index (χ0n) is 11.8. The van der Waals surface area contributed by atoms with Crippen molar-refractivity contribution in [3.63, 3.8) is 0 Å². The highest BCUT2D eigenvalue weighted by molar-refractivity contribution is 9.08. The lowest BCUT2D eigenvalue weighted by Gasteiger charge is -2.10. The van der Waals surface area contributed by atoms with E-state index in [0.717, 1.165) is 36.4 Å². The minimum absolute atomic E-state index is 0.757. The van der Waals surface area contributed by atoms with Gasteiger partial charge in [-0.05, 0) is 31.4 Å². The Morgan fingerprint density at radius 2 is 1.89 bits per heavy atom. The molecule has 1 heterocycles. The van der Waals surface area contributed by atoms with Gasteiger partial charge in [0.2, 0.25) is 0 Å². The average molecular weight is 322 g/mol. The van der Waals surface area contributed by atoms with Crippen LogP contribution in [0.4, 0.5) is 0 Å². The lowest BCUT2D eigenvalue weighted by atomic mass is 10.0. The van der Waals surface area contributed by atoms with Crippen molar-refractivity contribution in [1.82, 2.24) is 14.8 Å². The summed E-state index contributed by atoms with van der Waals surface area (Å²) in [6, 6.07) is 6.57. The van der Waals surface area contributed by atoms with E-state index in [-0.39, 0.29) is 0 Å². The Labute approximate surface area is 123 Å². The molecule has 4 heteroatoms. The number of hydrogen-bond acceptors (Lipinski definition) is 2. The standard InChI is InChI=1S/C15H20BrN3/c1-4-7-19-14(17-18-15(19)10-16)9-13-8-11(2)5-6-12(13)3/h5-6,8H,4,7,9-10H2,1-3H3. The van der Waals surface area contributed by atoms with Gasteiger partial charge >= 0.3 is 0 Å². The maximum absolute atomic E-state index is 4.35. The molecule has 0 bridgehead atoms. The number of alkyl halides is 1. The largest absolute Gasteiger partial charge is 0.314 e. The van der Waals surface area contributed by atoms with Crippen molar-refractivity contribution < 1.29 is 0 Å². The minimum Gasteiger partial charge on any atom is -0.314 e. The Morgan fingerprint density at radius 1 is 1.16 bits per heavy atom. The van der Waals surface area contributed by atoms with E-state index in [1.165, 1.54) is 16.7 Å². The highest BCUT2D eigenvalue weighted by atomic mass is 79.9. The number of halogens is 1. The molecule has 3 nitrogen and oxygen atoms in total. The molecule has 0 N–H and O–H groups in total. The van der Waals surface area contributed by atoms with Crippen LogP contribution in [0.25, 0.3) is 0 Å². The van der Waals surface area contributed by atoms with Crippen LogP contribution in [0.3, 0.4) is 0 Å². The van der Waals surface area contributed by atoms with E-state index in [1.54, 1.807) is 0 Å². The van der Waals surface area contributed by atoms with E-state index in [0.29, 0.717) is 0 Å². The number of aromatic nitrogens is 3. The smallest absolute Gasteiger partial charge is 0.143 e. The lowest BCUT2D eigenvalue weighted by Crippen LogP contribution is -2.08. The van der Waals surface area contributed by atoms with Crippen molar-refractivity contribution in [2.24, 2.45) is 0 Å². The van der Waals surface area contributed by atoms with E-state index >= 15 is 0 Å². The number of benzene rings is 1. The molecular formula is C15H20BrN3. The van der Waals surface area contributed by atoms with Crippen LogP contribution in [-0.4, -0.2) is 14.8 Å². The van der Waals surface area contributed by atoms with Gasteiger partial charge in [-0.3, -0.25) is 0 Å². The Morgan fingerprint density at radius 3 is 2.58 bits per heavy atom. The second kappa shape index (κ2) is 6.33. The van der Waals surface area contributed by atoms with Crippen LogP contribution < -0.4 is 0 Å². The molecule has 0 unspecified atom stereocenters. The van der Waals surface area contributed by atoms with Gasteiger partial charge in [0.25, 0.3) is 0 Å². The van der Waals surface area contributed by atoms with Gasteiger partial charge in [-0.25, -0.2) is 0 Å². The van der Waals surface area contributed by atoms with E-state index in [2.05, 4.69) is 69.7 Å². The van der Waals surface area contributed by atoms with E-state index in [4.69, 9.17) is 0 Å². The van der Waals surface area contributed by atoms with Crippen LogP contribution in [-0.2, 0) is 18.3 Å². The minimum atomic E-state index is 0.757. The first-order chi connectivity index (χ1) is 9.15. The van der Waals surface area contributed by atoms with E-state index in [9.17, 15) is 0 Å².